The maximum Gasteiger partial charge on any atom is 0.151 e. The Kier molecular flexibility index (Phi) is 4.05. The fourth-order valence-corrected chi connectivity index (χ4v) is 1.82. The highest BCUT2D eigenvalue weighted by Gasteiger charge is 2.04. The normalized spacial score (nSPS) is 10.2. The van der Waals surface area contributed by atoms with Gasteiger partial charge in [0.05, 0.1) is 5.69 Å². The first-order chi connectivity index (χ1) is 8.66. The van der Waals surface area contributed by atoms with Crippen molar-refractivity contribution in [3.8, 4) is 0 Å². The van der Waals surface area contributed by atoms with Crippen LogP contribution in [0, 0.1) is 0 Å². The van der Waals surface area contributed by atoms with Gasteiger partial charge in [-0.1, -0.05) is 23.7 Å². The van der Waals surface area contributed by atoms with Crippen molar-refractivity contribution < 1.29 is 0 Å². The smallest absolute Gasteiger partial charge is 0.151 e. The van der Waals surface area contributed by atoms with Gasteiger partial charge >= 0.3 is 0 Å². The summed E-state index contributed by atoms with van der Waals surface area (Å²) in [6.07, 6.45) is 1.79. The second-order valence-corrected chi connectivity index (χ2v) is 4.69. The van der Waals surface area contributed by atoms with E-state index < -0.39 is 0 Å². The van der Waals surface area contributed by atoms with E-state index in [1.165, 1.54) is 5.56 Å². The number of anilines is 2. The summed E-state index contributed by atoms with van der Waals surface area (Å²) in [6, 6.07) is 11.8. The van der Waals surface area contributed by atoms with Crippen molar-refractivity contribution in [3.63, 3.8) is 0 Å². The largest absolute Gasteiger partial charge is 0.378 e. The van der Waals surface area contributed by atoms with Gasteiger partial charge in [0.25, 0.3) is 0 Å². The zero-order valence-corrected chi connectivity index (χ0v) is 11.3. The van der Waals surface area contributed by atoms with Crippen LogP contribution in [0.2, 0.25) is 5.02 Å². The molecule has 0 fully saturated rings. The predicted octanol–water partition coefficient (Wildman–Crippen LogP) is 3.41. The molecule has 0 saturated heterocycles. The van der Waals surface area contributed by atoms with E-state index in [9.17, 15) is 0 Å². The van der Waals surface area contributed by atoms with Crippen LogP contribution in [0.3, 0.4) is 0 Å². The molecule has 18 heavy (non-hydrogen) atoms. The topological polar surface area (TPSA) is 28.2 Å². The lowest BCUT2D eigenvalue weighted by atomic mass is 10.2. The molecule has 2 rings (SSSR count). The van der Waals surface area contributed by atoms with Crippen LogP contribution in [0.15, 0.2) is 42.6 Å². The molecule has 0 amide bonds. The third-order valence-corrected chi connectivity index (χ3v) is 2.86. The average molecular weight is 262 g/mol. The molecule has 0 radical (unpaired) electrons. The summed E-state index contributed by atoms with van der Waals surface area (Å²) in [4.78, 5) is 6.34. The lowest BCUT2D eigenvalue weighted by molar-refractivity contribution is 1.05. The fourth-order valence-electron chi connectivity index (χ4n) is 1.69. The molecular weight excluding hydrogens is 246 g/mol. The van der Waals surface area contributed by atoms with Crippen LogP contribution in [-0.4, -0.2) is 19.1 Å². The van der Waals surface area contributed by atoms with E-state index >= 15 is 0 Å². The second kappa shape index (κ2) is 5.74. The van der Waals surface area contributed by atoms with Crippen LogP contribution in [0.25, 0.3) is 0 Å². The van der Waals surface area contributed by atoms with Gasteiger partial charge in [-0.2, -0.15) is 0 Å². The SMILES string of the molecule is CN(C)c1ncccc1NCc1ccc(Cl)cc1. The Morgan fingerprint density at radius 1 is 1.17 bits per heavy atom. The van der Waals surface area contributed by atoms with E-state index in [0.717, 1.165) is 23.1 Å². The van der Waals surface area contributed by atoms with Gasteiger partial charge in [0.2, 0.25) is 0 Å². The molecule has 0 aliphatic carbocycles. The molecule has 0 aliphatic rings. The molecule has 0 unspecified atom stereocenters. The molecule has 0 bridgehead atoms. The van der Waals surface area contributed by atoms with Gasteiger partial charge in [-0.25, -0.2) is 4.98 Å². The van der Waals surface area contributed by atoms with Gasteiger partial charge in [0, 0.05) is 31.9 Å². The number of benzene rings is 1. The Hall–Kier alpha value is -1.74. The van der Waals surface area contributed by atoms with Crippen molar-refractivity contribution >= 4 is 23.1 Å². The quantitative estimate of drug-likeness (QED) is 0.914. The highest BCUT2D eigenvalue weighted by molar-refractivity contribution is 6.30. The Morgan fingerprint density at radius 2 is 1.89 bits per heavy atom. The fraction of sp³-hybridized carbons (Fsp3) is 0.214. The third-order valence-electron chi connectivity index (χ3n) is 2.61. The Labute approximate surface area is 112 Å². The number of hydrogen-bond acceptors (Lipinski definition) is 3. The first-order valence-corrected chi connectivity index (χ1v) is 6.15. The minimum absolute atomic E-state index is 0.754. The van der Waals surface area contributed by atoms with Crippen LogP contribution < -0.4 is 10.2 Å². The second-order valence-electron chi connectivity index (χ2n) is 4.25. The van der Waals surface area contributed by atoms with Crippen molar-refractivity contribution in [3.05, 3.63) is 53.2 Å². The van der Waals surface area contributed by atoms with Crippen LogP contribution >= 0.6 is 11.6 Å². The summed E-state index contributed by atoms with van der Waals surface area (Å²) < 4.78 is 0. The number of pyridine rings is 1. The summed E-state index contributed by atoms with van der Waals surface area (Å²) in [5.74, 6) is 0.937. The standard InChI is InChI=1S/C14H16ClN3/c1-18(2)14-13(4-3-9-16-14)17-10-11-5-7-12(15)8-6-11/h3-9,17H,10H2,1-2H3. The van der Waals surface area contributed by atoms with Crippen molar-refractivity contribution in [2.45, 2.75) is 6.54 Å². The van der Waals surface area contributed by atoms with Crippen LogP contribution in [0.5, 0.6) is 0 Å². The van der Waals surface area contributed by atoms with Crippen LogP contribution in [0.4, 0.5) is 11.5 Å². The number of nitrogens with zero attached hydrogens (tertiary/aromatic N) is 2. The molecule has 1 N–H and O–H groups in total. The number of nitrogens with one attached hydrogen (secondary N) is 1. The monoisotopic (exact) mass is 261 g/mol. The Morgan fingerprint density at radius 3 is 2.56 bits per heavy atom. The molecule has 0 spiro atoms. The highest BCUT2D eigenvalue weighted by atomic mass is 35.5. The average Bonchev–Trinajstić information content (AvgIpc) is 2.38. The first-order valence-electron chi connectivity index (χ1n) is 5.77. The summed E-state index contributed by atoms with van der Waals surface area (Å²) in [7, 11) is 3.96. The Bertz CT molecular complexity index is 509. The molecule has 2 aromatic rings. The van der Waals surface area contributed by atoms with E-state index in [2.05, 4.69) is 10.3 Å². The molecule has 0 atom stereocenters. The third kappa shape index (κ3) is 3.14. The van der Waals surface area contributed by atoms with Crippen molar-refractivity contribution in [2.24, 2.45) is 0 Å². The van der Waals surface area contributed by atoms with Crippen molar-refractivity contribution in [2.75, 3.05) is 24.3 Å². The molecule has 1 heterocycles. The minimum atomic E-state index is 0.754. The number of rotatable bonds is 4. The molecule has 0 saturated carbocycles. The van der Waals surface area contributed by atoms with E-state index in [4.69, 9.17) is 11.6 Å². The highest BCUT2D eigenvalue weighted by Crippen LogP contribution is 2.21. The van der Waals surface area contributed by atoms with Crippen molar-refractivity contribution in [1.82, 2.24) is 4.98 Å². The molecule has 0 aliphatic heterocycles. The summed E-state index contributed by atoms with van der Waals surface area (Å²) in [6.45, 7) is 0.754. The molecule has 1 aromatic heterocycles. The lowest BCUT2D eigenvalue weighted by Gasteiger charge is -2.16. The van der Waals surface area contributed by atoms with E-state index in [1.54, 1.807) is 6.20 Å². The van der Waals surface area contributed by atoms with Crippen molar-refractivity contribution in [1.29, 1.82) is 0 Å². The summed E-state index contributed by atoms with van der Waals surface area (Å²) in [5, 5.41) is 4.14. The maximum absolute atomic E-state index is 5.86. The minimum Gasteiger partial charge on any atom is -0.378 e. The summed E-state index contributed by atoms with van der Waals surface area (Å²) in [5.41, 5.74) is 2.21. The molecule has 1 aromatic carbocycles. The molecule has 4 heteroatoms. The molecular formula is C14H16ClN3. The van der Waals surface area contributed by atoms with E-state index in [0.29, 0.717) is 0 Å². The van der Waals surface area contributed by atoms with Gasteiger partial charge in [0.1, 0.15) is 0 Å². The first kappa shape index (κ1) is 12.7. The van der Waals surface area contributed by atoms with E-state index in [1.807, 2.05) is 55.4 Å². The predicted molar refractivity (Wildman–Crippen MR) is 77.3 cm³/mol. The van der Waals surface area contributed by atoms with E-state index in [-0.39, 0.29) is 0 Å². The number of hydrogen-bond donors (Lipinski definition) is 1. The van der Waals surface area contributed by atoms with Crippen LogP contribution in [0.1, 0.15) is 5.56 Å². The Balaban J connectivity index is 2.08. The van der Waals surface area contributed by atoms with Gasteiger partial charge in [-0.3, -0.25) is 0 Å². The van der Waals surface area contributed by atoms with Crippen LogP contribution in [-0.2, 0) is 6.54 Å². The molecule has 3 nitrogen and oxygen atoms in total. The number of halogens is 1. The summed E-state index contributed by atoms with van der Waals surface area (Å²) >= 11 is 5.86. The van der Waals surface area contributed by atoms with Gasteiger partial charge < -0.3 is 10.2 Å². The van der Waals surface area contributed by atoms with Gasteiger partial charge in [-0.05, 0) is 29.8 Å². The molecule has 94 valence electrons. The van der Waals surface area contributed by atoms with Gasteiger partial charge in [-0.15, -0.1) is 0 Å². The lowest BCUT2D eigenvalue weighted by Crippen LogP contribution is -2.13. The maximum atomic E-state index is 5.86. The zero-order valence-electron chi connectivity index (χ0n) is 10.5. The zero-order chi connectivity index (χ0) is 13.0. The number of aromatic nitrogens is 1. The van der Waals surface area contributed by atoms with Gasteiger partial charge in [0.15, 0.2) is 5.82 Å².